The second-order valence-corrected chi connectivity index (χ2v) is 3.81. The summed E-state index contributed by atoms with van der Waals surface area (Å²) in [5, 5.41) is 8.21. The van der Waals surface area contributed by atoms with E-state index in [-0.39, 0.29) is 0 Å². The van der Waals surface area contributed by atoms with Crippen LogP contribution >= 0.6 is 11.8 Å². The van der Waals surface area contributed by atoms with E-state index in [2.05, 4.69) is 10.2 Å². The van der Waals surface area contributed by atoms with Crippen LogP contribution in [0.25, 0.3) is 0 Å². The van der Waals surface area contributed by atoms with Gasteiger partial charge in [-0.15, -0.1) is 5.10 Å². The molecule has 0 amide bonds. The summed E-state index contributed by atoms with van der Waals surface area (Å²) in [7, 11) is 0. The maximum Gasteiger partial charge on any atom is 0.180 e. The van der Waals surface area contributed by atoms with Crippen LogP contribution in [0.4, 0.5) is 0 Å². The molecule has 14 heavy (non-hydrogen) atoms. The fourth-order valence-corrected chi connectivity index (χ4v) is 1.27. The zero-order valence-corrected chi connectivity index (χ0v) is 8.87. The Labute approximate surface area is 88.1 Å². The molecular weight excluding hydrogens is 194 g/mol. The number of hydrogen-bond acceptors (Lipinski definition) is 3. The summed E-state index contributed by atoms with van der Waals surface area (Å²) in [6, 6.07) is 9.79. The standard InChI is InChI=1S/C10H13N3S/c1-2-14-10(11)13-12-8-9-6-4-3-5-7-9/h3-8H,2H2,1H3,(H2,11,13)/b12-8+. The van der Waals surface area contributed by atoms with Crippen molar-refractivity contribution in [2.24, 2.45) is 15.9 Å². The van der Waals surface area contributed by atoms with Crippen molar-refractivity contribution in [2.75, 3.05) is 5.75 Å². The maximum atomic E-state index is 5.55. The van der Waals surface area contributed by atoms with E-state index in [1.54, 1.807) is 6.21 Å². The third kappa shape index (κ3) is 4.09. The molecule has 0 saturated heterocycles. The third-order valence-corrected chi connectivity index (χ3v) is 2.12. The Bertz CT molecular complexity index is 319. The SMILES string of the molecule is CCS/C(N)=N\N=C\c1ccccc1. The van der Waals surface area contributed by atoms with E-state index >= 15 is 0 Å². The van der Waals surface area contributed by atoms with Crippen molar-refractivity contribution < 1.29 is 0 Å². The zero-order valence-electron chi connectivity index (χ0n) is 8.05. The first-order chi connectivity index (χ1) is 6.83. The van der Waals surface area contributed by atoms with Crippen LogP contribution in [-0.4, -0.2) is 17.1 Å². The summed E-state index contributed by atoms with van der Waals surface area (Å²) in [4.78, 5) is 0. The van der Waals surface area contributed by atoms with Gasteiger partial charge in [-0.05, 0) is 11.3 Å². The largest absolute Gasteiger partial charge is 0.377 e. The molecule has 0 aliphatic heterocycles. The molecule has 0 heterocycles. The van der Waals surface area contributed by atoms with E-state index in [0.29, 0.717) is 5.17 Å². The van der Waals surface area contributed by atoms with E-state index in [1.165, 1.54) is 11.8 Å². The van der Waals surface area contributed by atoms with Gasteiger partial charge in [0.2, 0.25) is 0 Å². The molecule has 0 unspecified atom stereocenters. The van der Waals surface area contributed by atoms with Gasteiger partial charge in [-0.2, -0.15) is 5.10 Å². The molecular formula is C10H13N3S. The lowest BCUT2D eigenvalue weighted by atomic mass is 10.2. The molecule has 0 aromatic heterocycles. The van der Waals surface area contributed by atoms with Crippen LogP contribution in [0.3, 0.4) is 0 Å². The lowest BCUT2D eigenvalue weighted by Crippen LogP contribution is -2.05. The average molecular weight is 207 g/mol. The fraction of sp³-hybridized carbons (Fsp3) is 0.200. The third-order valence-electron chi connectivity index (χ3n) is 1.45. The van der Waals surface area contributed by atoms with Gasteiger partial charge in [-0.25, -0.2) is 0 Å². The van der Waals surface area contributed by atoms with Crippen molar-refractivity contribution >= 4 is 23.1 Å². The van der Waals surface area contributed by atoms with Gasteiger partial charge in [0.05, 0.1) is 6.21 Å². The van der Waals surface area contributed by atoms with Gasteiger partial charge in [0.25, 0.3) is 0 Å². The van der Waals surface area contributed by atoms with Gasteiger partial charge in [0.15, 0.2) is 5.17 Å². The Hall–Kier alpha value is -1.29. The summed E-state index contributed by atoms with van der Waals surface area (Å²) in [6.45, 7) is 2.02. The first-order valence-electron chi connectivity index (χ1n) is 4.37. The summed E-state index contributed by atoms with van der Waals surface area (Å²) >= 11 is 1.48. The highest BCUT2D eigenvalue weighted by Crippen LogP contribution is 1.98. The number of rotatable bonds is 3. The number of amidine groups is 1. The molecule has 1 aromatic carbocycles. The van der Waals surface area contributed by atoms with Crippen LogP contribution in [-0.2, 0) is 0 Å². The van der Waals surface area contributed by atoms with Crippen LogP contribution in [0.5, 0.6) is 0 Å². The highest BCUT2D eigenvalue weighted by atomic mass is 32.2. The Morgan fingerprint density at radius 1 is 1.43 bits per heavy atom. The minimum atomic E-state index is 0.500. The molecule has 3 nitrogen and oxygen atoms in total. The number of thioether (sulfide) groups is 1. The lowest BCUT2D eigenvalue weighted by molar-refractivity contribution is 1.25. The van der Waals surface area contributed by atoms with Crippen LogP contribution < -0.4 is 5.73 Å². The fourth-order valence-electron chi connectivity index (χ4n) is 0.868. The smallest absolute Gasteiger partial charge is 0.180 e. The molecule has 0 saturated carbocycles. The van der Waals surface area contributed by atoms with Crippen LogP contribution in [0.1, 0.15) is 12.5 Å². The maximum absolute atomic E-state index is 5.55. The van der Waals surface area contributed by atoms with Crippen molar-refractivity contribution in [3.8, 4) is 0 Å². The van der Waals surface area contributed by atoms with Crippen molar-refractivity contribution in [2.45, 2.75) is 6.92 Å². The number of benzene rings is 1. The highest BCUT2D eigenvalue weighted by molar-refractivity contribution is 8.13. The van der Waals surface area contributed by atoms with Crippen molar-refractivity contribution in [1.82, 2.24) is 0 Å². The van der Waals surface area contributed by atoms with E-state index in [1.807, 2.05) is 37.3 Å². The summed E-state index contributed by atoms with van der Waals surface area (Å²) in [6.07, 6.45) is 1.68. The molecule has 2 N–H and O–H groups in total. The summed E-state index contributed by atoms with van der Waals surface area (Å²) in [5.74, 6) is 0.913. The molecule has 0 bridgehead atoms. The van der Waals surface area contributed by atoms with E-state index < -0.39 is 0 Å². The minimum Gasteiger partial charge on any atom is -0.377 e. The van der Waals surface area contributed by atoms with Crippen LogP contribution in [0.15, 0.2) is 40.5 Å². The quantitative estimate of drug-likeness (QED) is 0.469. The summed E-state index contributed by atoms with van der Waals surface area (Å²) in [5.41, 5.74) is 6.57. The molecule has 0 aliphatic rings. The van der Waals surface area contributed by atoms with Gasteiger partial charge in [0, 0.05) is 0 Å². The number of nitrogens with zero attached hydrogens (tertiary/aromatic N) is 2. The lowest BCUT2D eigenvalue weighted by Gasteiger charge is -1.92. The molecule has 4 heteroatoms. The molecule has 0 radical (unpaired) electrons. The van der Waals surface area contributed by atoms with Gasteiger partial charge in [-0.1, -0.05) is 49.0 Å². The number of nitrogens with two attached hydrogens (primary N) is 1. The first kappa shape index (κ1) is 10.8. The van der Waals surface area contributed by atoms with Crippen LogP contribution in [0.2, 0.25) is 0 Å². The Balaban J connectivity index is 2.53. The second kappa shape index (κ2) is 6.21. The molecule has 0 spiro atoms. The second-order valence-electron chi connectivity index (χ2n) is 2.53. The number of hydrogen-bond donors (Lipinski definition) is 1. The van der Waals surface area contributed by atoms with E-state index in [4.69, 9.17) is 5.73 Å². The molecule has 1 rings (SSSR count). The predicted molar refractivity (Wildman–Crippen MR) is 63.8 cm³/mol. The molecule has 74 valence electrons. The van der Waals surface area contributed by atoms with Gasteiger partial charge >= 0.3 is 0 Å². The van der Waals surface area contributed by atoms with Crippen molar-refractivity contribution in [3.63, 3.8) is 0 Å². The Morgan fingerprint density at radius 3 is 2.79 bits per heavy atom. The predicted octanol–water partition coefficient (Wildman–Crippen LogP) is 2.09. The van der Waals surface area contributed by atoms with Gasteiger partial charge in [-0.3, -0.25) is 0 Å². The molecule has 1 aromatic rings. The zero-order chi connectivity index (χ0) is 10.2. The first-order valence-corrected chi connectivity index (χ1v) is 5.36. The molecule has 0 fully saturated rings. The Morgan fingerprint density at radius 2 is 2.14 bits per heavy atom. The highest BCUT2D eigenvalue weighted by Gasteiger charge is 1.87. The Kier molecular flexibility index (Phi) is 4.78. The molecule has 0 atom stereocenters. The van der Waals surface area contributed by atoms with Crippen LogP contribution in [0, 0.1) is 0 Å². The normalized spacial score (nSPS) is 12.2. The van der Waals surface area contributed by atoms with Crippen molar-refractivity contribution in [3.05, 3.63) is 35.9 Å². The van der Waals surface area contributed by atoms with E-state index in [9.17, 15) is 0 Å². The minimum absolute atomic E-state index is 0.500. The van der Waals surface area contributed by atoms with E-state index in [0.717, 1.165) is 11.3 Å². The summed E-state index contributed by atoms with van der Waals surface area (Å²) < 4.78 is 0. The molecule has 0 aliphatic carbocycles. The van der Waals surface area contributed by atoms with Gasteiger partial charge < -0.3 is 5.73 Å². The average Bonchev–Trinajstić information content (AvgIpc) is 2.20. The monoisotopic (exact) mass is 207 g/mol. The van der Waals surface area contributed by atoms with Crippen molar-refractivity contribution in [1.29, 1.82) is 0 Å². The van der Waals surface area contributed by atoms with Gasteiger partial charge in [0.1, 0.15) is 0 Å². The topological polar surface area (TPSA) is 50.7 Å².